The molecule has 1 fully saturated rings. The number of likely N-dealkylation sites (tertiary alicyclic amines) is 1. The number of nitrogens with zero attached hydrogens (tertiary/aromatic N) is 1. The molecule has 1 aromatic carbocycles. The van der Waals surface area contributed by atoms with Crippen LogP contribution in [0, 0.1) is 6.92 Å². The Morgan fingerprint density at radius 1 is 1.33 bits per heavy atom. The smallest absolute Gasteiger partial charge is 0.326 e. The number of amides is 1. The van der Waals surface area contributed by atoms with Gasteiger partial charge in [-0.3, -0.25) is 4.79 Å². The van der Waals surface area contributed by atoms with Crippen molar-refractivity contribution in [2.24, 2.45) is 5.73 Å². The minimum absolute atomic E-state index is 0.263. The third kappa shape index (κ3) is 2.36. The van der Waals surface area contributed by atoms with E-state index in [0.29, 0.717) is 18.5 Å². The molecule has 2 unspecified atom stereocenters. The Kier molecular flexibility index (Phi) is 3.34. The minimum Gasteiger partial charge on any atom is -0.480 e. The number of hydrogen-bond donors (Lipinski definition) is 2. The van der Waals surface area contributed by atoms with Crippen LogP contribution >= 0.6 is 0 Å². The zero-order valence-electron chi connectivity index (χ0n) is 10.2. The summed E-state index contributed by atoms with van der Waals surface area (Å²) in [6.07, 6.45) is 0.312. The van der Waals surface area contributed by atoms with Gasteiger partial charge in [-0.15, -0.1) is 0 Å². The molecule has 18 heavy (non-hydrogen) atoms. The van der Waals surface area contributed by atoms with Crippen LogP contribution in [0.25, 0.3) is 0 Å². The average Bonchev–Trinajstić information content (AvgIpc) is 2.71. The van der Waals surface area contributed by atoms with Crippen molar-refractivity contribution in [3.05, 3.63) is 35.4 Å². The van der Waals surface area contributed by atoms with Gasteiger partial charge in [-0.05, 0) is 25.5 Å². The van der Waals surface area contributed by atoms with Gasteiger partial charge in [0, 0.05) is 18.2 Å². The number of benzene rings is 1. The zero-order valence-corrected chi connectivity index (χ0v) is 10.2. The number of rotatable bonds is 2. The fourth-order valence-electron chi connectivity index (χ4n) is 2.19. The molecule has 96 valence electrons. The highest BCUT2D eigenvalue weighted by Crippen LogP contribution is 2.20. The molecule has 0 radical (unpaired) electrons. The van der Waals surface area contributed by atoms with Gasteiger partial charge in [0.2, 0.25) is 0 Å². The van der Waals surface area contributed by atoms with Gasteiger partial charge in [0.15, 0.2) is 0 Å². The summed E-state index contributed by atoms with van der Waals surface area (Å²) in [6.45, 7) is 2.23. The zero-order chi connectivity index (χ0) is 13.3. The second-order valence-electron chi connectivity index (χ2n) is 4.67. The monoisotopic (exact) mass is 248 g/mol. The maximum absolute atomic E-state index is 12.2. The van der Waals surface area contributed by atoms with Crippen molar-refractivity contribution in [3.8, 4) is 0 Å². The Labute approximate surface area is 105 Å². The van der Waals surface area contributed by atoms with Crippen molar-refractivity contribution in [1.29, 1.82) is 0 Å². The summed E-state index contributed by atoms with van der Waals surface area (Å²) in [6, 6.07) is 6.01. The van der Waals surface area contributed by atoms with Crippen molar-refractivity contribution >= 4 is 11.9 Å². The van der Waals surface area contributed by atoms with Gasteiger partial charge in [0.25, 0.3) is 5.91 Å². The van der Waals surface area contributed by atoms with Crippen molar-refractivity contribution in [1.82, 2.24) is 4.90 Å². The van der Waals surface area contributed by atoms with Crippen LogP contribution in [-0.4, -0.2) is 40.5 Å². The maximum atomic E-state index is 12.2. The van der Waals surface area contributed by atoms with Crippen LogP contribution in [0.5, 0.6) is 0 Å². The summed E-state index contributed by atoms with van der Waals surface area (Å²) in [5.41, 5.74) is 7.29. The Balaban J connectivity index is 2.22. The van der Waals surface area contributed by atoms with Crippen molar-refractivity contribution < 1.29 is 14.7 Å². The number of carboxylic acid groups (broad SMARTS) is 1. The molecular formula is C13H16N2O3. The first-order valence-electron chi connectivity index (χ1n) is 5.85. The number of aliphatic carboxylic acids is 1. The van der Waals surface area contributed by atoms with E-state index in [4.69, 9.17) is 10.8 Å². The van der Waals surface area contributed by atoms with E-state index in [2.05, 4.69) is 0 Å². The second-order valence-corrected chi connectivity index (χ2v) is 4.67. The number of hydrogen-bond acceptors (Lipinski definition) is 3. The van der Waals surface area contributed by atoms with E-state index in [-0.39, 0.29) is 11.9 Å². The number of aryl methyl sites for hydroxylation is 1. The van der Waals surface area contributed by atoms with Crippen LogP contribution in [0.3, 0.4) is 0 Å². The number of carbonyl (C=O) groups excluding carboxylic acids is 1. The highest BCUT2D eigenvalue weighted by atomic mass is 16.4. The molecule has 0 spiro atoms. The van der Waals surface area contributed by atoms with Gasteiger partial charge < -0.3 is 15.7 Å². The lowest BCUT2D eigenvalue weighted by molar-refractivity contribution is -0.141. The lowest BCUT2D eigenvalue weighted by Gasteiger charge is -2.21. The molecular weight excluding hydrogens is 232 g/mol. The normalized spacial score (nSPS) is 23.1. The van der Waals surface area contributed by atoms with Crippen molar-refractivity contribution in [3.63, 3.8) is 0 Å². The fourth-order valence-corrected chi connectivity index (χ4v) is 2.19. The standard InChI is InChI=1S/C13H16N2O3/c1-8-2-4-9(5-3-8)12(16)15-7-10(14)6-11(15)13(17)18/h2-5,10-11H,6-7,14H2,1H3,(H,17,18). The lowest BCUT2D eigenvalue weighted by atomic mass is 10.1. The molecule has 1 heterocycles. The maximum Gasteiger partial charge on any atom is 0.326 e. The van der Waals surface area contributed by atoms with Crippen LogP contribution in [0.15, 0.2) is 24.3 Å². The van der Waals surface area contributed by atoms with E-state index < -0.39 is 12.0 Å². The number of carboxylic acids is 1. The molecule has 1 amide bonds. The summed E-state index contributed by atoms with van der Waals surface area (Å²) < 4.78 is 0. The summed E-state index contributed by atoms with van der Waals surface area (Å²) in [4.78, 5) is 24.7. The Bertz CT molecular complexity index is 470. The van der Waals surface area contributed by atoms with Gasteiger partial charge in [-0.2, -0.15) is 0 Å². The van der Waals surface area contributed by atoms with Crippen LogP contribution < -0.4 is 5.73 Å². The molecule has 0 saturated carbocycles. The van der Waals surface area contributed by atoms with E-state index in [9.17, 15) is 9.59 Å². The fraction of sp³-hybridized carbons (Fsp3) is 0.385. The second kappa shape index (κ2) is 4.78. The van der Waals surface area contributed by atoms with Gasteiger partial charge in [0.1, 0.15) is 6.04 Å². The first-order chi connectivity index (χ1) is 8.49. The van der Waals surface area contributed by atoms with Crippen LogP contribution in [0.2, 0.25) is 0 Å². The van der Waals surface area contributed by atoms with Gasteiger partial charge in [0.05, 0.1) is 0 Å². The molecule has 2 rings (SSSR count). The van der Waals surface area contributed by atoms with Gasteiger partial charge >= 0.3 is 5.97 Å². The third-order valence-electron chi connectivity index (χ3n) is 3.18. The molecule has 0 bridgehead atoms. The van der Waals surface area contributed by atoms with Gasteiger partial charge in [-0.25, -0.2) is 4.79 Å². The Morgan fingerprint density at radius 3 is 2.50 bits per heavy atom. The molecule has 5 nitrogen and oxygen atoms in total. The largest absolute Gasteiger partial charge is 0.480 e. The summed E-state index contributed by atoms with van der Waals surface area (Å²) >= 11 is 0. The summed E-state index contributed by atoms with van der Waals surface area (Å²) in [7, 11) is 0. The Morgan fingerprint density at radius 2 is 1.94 bits per heavy atom. The predicted molar refractivity (Wildman–Crippen MR) is 66.2 cm³/mol. The first kappa shape index (κ1) is 12.6. The highest BCUT2D eigenvalue weighted by molar-refractivity contribution is 5.97. The van der Waals surface area contributed by atoms with Crippen LogP contribution in [-0.2, 0) is 4.79 Å². The quantitative estimate of drug-likeness (QED) is 0.803. The van der Waals surface area contributed by atoms with E-state index in [1.165, 1.54) is 4.90 Å². The summed E-state index contributed by atoms with van der Waals surface area (Å²) in [5, 5.41) is 9.09. The van der Waals surface area contributed by atoms with E-state index in [1.807, 2.05) is 19.1 Å². The molecule has 5 heteroatoms. The van der Waals surface area contributed by atoms with Crippen LogP contribution in [0.4, 0.5) is 0 Å². The minimum atomic E-state index is -0.997. The first-order valence-corrected chi connectivity index (χ1v) is 5.85. The molecule has 1 aliphatic heterocycles. The third-order valence-corrected chi connectivity index (χ3v) is 3.18. The molecule has 0 aromatic heterocycles. The van der Waals surface area contributed by atoms with E-state index >= 15 is 0 Å². The molecule has 2 atom stereocenters. The van der Waals surface area contributed by atoms with Gasteiger partial charge in [-0.1, -0.05) is 17.7 Å². The Hall–Kier alpha value is -1.88. The van der Waals surface area contributed by atoms with Crippen molar-refractivity contribution in [2.45, 2.75) is 25.4 Å². The molecule has 1 aromatic rings. The number of carbonyl (C=O) groups is 2. The topological polar surface area (TPSA) is 83.6 Å². The predicted octanol–water partition coefficient (Wildman–Crippen LogP) is 0.621. The number of nitrogens with two attached hydrogens (primary N) is 1. The average molecular weight is 248 g/mol. The SMILES string of the molecule is Cc1ccc(C(=O)N2CC(N)CC2C(=O)O)cc1. The summed E-state index contributed by atoms with van der Waals surface area (Å²) in [5.74, 6) is -1.27. The lowest BCUT2D eigenvalue weighted by Crippen LogP contribution is -2.40. The highest BCUT2D eigenvalue weighted by Gasteiger charge is 2.38. The molecule has 0 aliphatic carbocycles. The molecule has 1 aliphatic rings. The van der Waals surface area contributed by atoms with Crippen LogP contribution in [0.1, 0.15) is 22.3 Å². The molecule has 1 saturated heterocycles. The van der Waals surface area contributed by atoms with E-state index in [0.717, 1.165) is 5.56 Å². The molecule has 3 N–H and O–H groups in total. The van der Waals surface area contributed by atoms with Crippen molar-refractivity contribution in [2.75, 3.05) is 6.54 Å². The van der Waals surface area contributed by atoms with E-state index in [1.54, 1.807) is 12.1 Å².